The van der Waals surface area contributed by atoms with Crippen LogP contribution >= 0.6 is 11.8 Å². The van der Waals surface area contributed by atoms with Crippen molar-refractivity contribution in [2.75, 3.05) is 24.6 Å². The van der Waals surface area contributed by atoms with Gasteiger partial charge in [0.25, 0.3) is 0 Å². The Balaban J connectivity index is 2.49. The molecule has 1 aromatic carbocycles. The van der Waals surface area contributed by atoms with Crippen LogP contribution in [0.1, 0.15) is 25.0 Å². The molecule has 1 saturated heterocycles. The summed E-state index contributed by atoms with van der Waals surface area (Å²) < 4.78 is 27.4. The van der Waals surface area contributed by atoms with Gasteiger partial charge in [0.15, 0.2) is 0 Å². The van der Waals surface area contributed by atoms with Crippen LogP contribution in [0.25, 0.3) is 0 Å². The lowest BCUT2D eigenvalue weighted by atomic mass is 10.1. The summed E-state index contributed by atoms with van der Waals surface area (Å²) in [4.78, 5) is 0.375. The Morgan fingerprint density at radius 3 is 2.55 bits per heavy atom. The number of benzene rings is 1. The number of aryl methyl sites for hydroxylation is 1. The van der Waals surface area contributed by atoms with E-state index < -0.39 is 10.0 Å². The second-order valence-electron chi connectivity index (χ2n) is 5.87. The van der Waals surface area contributed by atoms with Gasteiger partial charge < -0.3 is 5.73 Å². The molecule has 0 amide bonds. The monoisotopic (exact) mass is 314 g/mol. The van der Waals surface area contributed by atoms with Crippen LogP contribution in [0.4, 0.5) is 5.69 Å². The lowest BCUT2D eigenvalue weighted by Gasteiger charge is -2.37. The van der Waals surface area contributed by atoms with Crippen molar-refractivity contribution in [3.8, 4) is 0 Å². The lowest BCUT2D eigenvalue weighted by molar-refractivity contribution is 0.387. The smallest absolute Gasteiger partial charge is 0.243 e. The van der Waals surface area contributed by atoms with Crippen LogP contribution in [0.15, 0.2) is 17.0 Å². The highest BCUT2D eigenvalue weighted by Gasteiger charge is 2.36. The van der Waals surface area contributed by atoms with E-state index in [2.05, 4.69) is 13.8 Å². The number of sulfonamides is 1. The van der Waals surface area contributed by atoms with Gasteiger partial charge in [0.2, 0.25) is 10.0 Å². The molecule has 6 heteroatoms. The standard InChI is InChI=1S/C14H22N2O2S2/c1-10-5-6-12(15)11(2)13(10)20(17,18)16-7-8-19-14(3,4)9-16/h5-6H,7-9,15H2,1-4H3. The second-order valence-corrected chi connectivity index (χ2v) is 9.55. The molecule has 0 radical (unpaired) electrons. The number of thioether (sulfide) groups is 1. The van der Waals surface area contributed by atoms with Gasteiger partial charge in [-0.3, -0.25) is 0 Å². The fourth-order valence-corrected chi connectivity index (χ4v) is 5.92. The van der Waals surface area contributed by atoms with Gasteiger partial charge in [0, 0.05) is 29.3 Å². The van der Waals surface area contributed by atoms with Crippen molar-refractivity contribution < 1.29 is 8.42 Å². The van der Waals surface area contributed by atoms with Crippen molar-refractivity contribution in [3.63, 3.8) is 0 Å². The molecule has 1 fully saturated rings. The zero-order valence-electron chi connectivity index (χ0n) is 12.4. The average Bonchev–Trinajstić information content (AvgIpc) is 2.33. The summed E-state index contributed by atoms with van der Waals surface area (Å²) in [5.41, 5.74) is 7.82. The molecule has 20 heavy (non-hydrogen) atoms. The first-order chi connectivity index (χ1) is 9.15. The molecule has 2 N–H and O–H groups in total. The topological polar surface area (TPSA) is 63.4 Å². The summed E-state index contributed by atoms with van der Waals surface area (Å²) in [6.07, 6.45) is 0. The zero-order valence-corrected chi connectivity index (χ0v) is 14.1. The maximum atomic E-state index is 12.9. The first-order valence-corrected chi connectivity index (χ1v) is 9.07. The minimum absolute atomic E-state index is 0.0482. The number of nitrogens with two attached hydrogens (primary N) is 1. The van der Waals surface area contributed by atoms with Crippen molar-refractivity contribution in [2.45, 2.75) is 37.3 Å². The van der Waals surface area contributed by atoms with E-state index in [-0.39, 0.29) is 4.75 Å². The molecule has 1 aliphatic rings. The molecule has 0 saturated carbocycles. The first-order valence-electron chi connectivity index (χ1n) is 6.65. The largest absolute Gasteiger partial charge is 0.398 e. The Morgan fingerprint density at radius 2 is 1.95 bits per heavy atom. The molecule has 112 valence electrons. The molecular weight excluding hydrogens is 292 g/mol. The fourth-order valence-electron chi connectivity index (χ4n) is 2.55. The highest BCUT2D eigenvalue weighted by atomic mass is 32.2. The molecule has 1 aliphatic heterocycles. The summed E-state index contributed by atoms with van der Waals surface area (Å²) in [6, 6.07) is 3.54. The Bertz CT molecular complexity index is 624. The number of rotatable bonds is 2. The number of nitrogen functional groups attached to an aromatic ring is 1. The molecular formula is C14H22N2O2S2. The van der Waals surface area contributed by atoms with Gasteiger partial charge in [-0.05, 0) is 44.9 Å². The van der Waals surface area contributed by atoms with Crippen LogP contribution in [0.3, 0.4) is 0 Å². The Morgan fingerprint density at radius 1 is 1.30 bits per heavy atom. The third kappa shape index (κ3) is 2.82. The summed E-state index contributed by atoms with van der Waals surface area (Å²) in [5.74, 6) is 0.826. The van der Waals surface area contributed by atoms with Crippen LogP contribution in [0, 0.1) is 13.8 Å². The Labute approximate surface area is 125 Å². The highest BCUT2D eigenvalue weighted by Crippen LogP contribution is 2.34. The highest BCUT2D eigenvalue weighted by molar-refractivity contribution is 8.00. The van der Waals surface area contributed by atoms with Crippen molar-refractivity contribution in [1.82, 2.24) is 4.31 Å². The van der Waals surface area contributed by atoms with E-state index in [9.17, 15) is 8.42 Å². The minimum Gasteiger partial charge on any atom is -0.398 e. The number of hydrogen-bond acceptors (Lipinski definition) is 4. The van der Waals surface area contributed by atoms with E-state index in [1.807, 2.05) is 18.7 Å². The normalized spacial score (nSPS) is 20.0. The average molecular weight is 314 g/mol. The van der Waals surface area contributed by atoms with Gasteiger partial charge in [-0.1, -0.05) is 6.07 Å². The zero-order chi connectivity index (χ0) is 15.1. The van der Waals surface area contributed by atoms with Crippen molar-refractivity contribution in [2.24, 2.45) is 0 Å². The quantitative estimate of drug-likeness (QED) is 0.852. The third-order valence-electron chi connectivity index (χ3n) is 3.63. The molecule has 0 unspecified atom stereocenters. The van der Waals surface area contributed by atoms with Crippen molar-refractivity contribution in [3.05, 3.63) is 23.3 Å². The maximum Gasteiger partial charge on any atom is 0.243 e. The molecule has 0 bridgehead atoms. The summed E-state index contributed by atoms with van der Waals surface area (Å²) in [7, 11) is -3.48. The van der Waals surface area contributed by atoms with Crippen LogP contribution in [0.5, 0.6) is 0 Å². The van der Waals surface area contributed by atoms with Crippen LogP contribution < -0.4 is 5.73 Å². The van der Waals surface area contributed by atoms with Crippen LogP contribution in [-0.4, -0.2) is 36.3 Å². The number of nitrogens with zero attached hydrogens (tertiary/aromatic N) is 1. The van der Waals surface area contributed by atoms with E-state index in [0.29, 0.717) is 29.2 Å². The maximum absolute atomic E-state index is 12.9. The summed E-state index contributed by atoms with van der Waals surface area (Å²) >= 11 is 1.82. The molecule has 1 heterocycles. The van der Waals surface area contributed by atoms with Crippen LogP contribution in [0.2, 0.25) is 0 Å². The van der Waals surface area contributed by atoms with Crippen molar-refractivity contribution >= 4 is 27.5 Å². The minimum atomic E-state index is -3.48. The fraction of sp³-hybridized carbons (Fsp3) is 0.571. The van der Waals surface area contributed by atoms with E-state index >= 15 is 0 Å². The van der Waals surface area contributed by atoms with E-state index in [1.54, 1.807) is 23.4 Å². The van der Waals surface area contributed by atoms with Gasteiger partial charge in [-0.25, -0.2) is 8.42 Å². The Hall–Kier alpha value is -0.720. The summed E-state index contributed by atoms with van der Waals surface area (Å²) in [6.45, 7) is 8.86. The van der Waals surface area contributed by atoms with Gasteiger partial charge in [-0.2, -0.15) is 16.1 Å². The van der Waals surface area contributed by atoms with Gasteiger partial charge >= 0.3 is 0 Å². The molecule has 0 aromatic heterocycles. The number of anilines is 1. The van der Waals surface area contributed by atoms with E-state index in [4.69, 9.17) is 5.73 Å². The number of hydrogen-bond donors (Lipinski definition) is 1. The molecule has 2 rings (SSSR count). The van der Waals surface area contributed by atoms with Gasteiger partial charge in [0.05, 0.1) is 4.90 Å². The molecule has 4 nitrogen and oxygen atoms in total. The lowest BCUT2D eigenvalue weighted by Crippen LogP contribution is -2.46. The molecule has 0 atom stereocenters. The molecule has 0 aliphatic carbocycles. The van der Waals surface area contributed by atoms with Crippen molar-refractivity contribution in [1.29, 1.82) is 0 Å². The van der Waals surface area contributed by atoms with Gasteiger partial charge in [0.1, 0.15) is 0 Å². The molecule has 0 spiro atoms. The Kier molecular flexibility index (Phi) is 4.10. The van der Waals surface area contributed by atoms with E-state index in [0.717, 1.165) is 11.3 Å². The van der Waals surface area contributed by atoms with E-state index in [1.165, 1.54) is 0 Å². The summed E-state index contributed by atoms with van der Waals surface area (Å²) in [5, 5.41) is 0. The predicted octanol–water partition coefficient (Wildman–Crippen LogP) is 2.40. The van der Waals surface area contributed by atoms with Gasteiger partial charge in [-0.15, -0.1) is 0 Å². The van der Waals surface area contributed by atoms with Crippen LogP contribution in [-0.2, 0) is 10.0 Å². The predicted molar refractivity (Wildman–Crippen MR) is 85.6 cm³/mol. The second kappa shape index (κ2) is 5.24. The first kappa shape index (κ1) is 15.7. The SMILES string of the molecule is Cc1ccc(N)c(C)c1S(=O)(=O)N1CCSC(C)(C)C1. The molecule has 1 aromatic rings. The third-order valence-corrected chi connectivity index (χ3v) is 7.07.